The topological polar surface area (TPSA) is 79.6 Å². The molecule has 1 fully saturated rings. The standard InChI is InChI=1S/C20H21N5O2/c26-19(22-14-15-7-9-21-10-8-15)18-23-17(16-6-2-5-13-25(16)18)20(27)24-11-3-1-4-12-24/h2,5-10,13H,1,3-4,11-12,14H2,(H,22,26). The Morgan fingerprint density at radius 3 is 2.59 bits per heavy atom. The first-order chi connectivity index (χ1) is 13.2. The maximum absolute atomic E-state index is 12.9. The number of nitrogens with zero attached hydrogens (tertiary/aromatic N) is 4. The minimum absolute atomic E-state index is 0.105. The second kappa shape index (κ2) is 7.57. The summed E-state index contributed by atoms with van der Waals surface area (Å²) < 4.78 is 1.68. The van der Waals surface area contributed by atoms with E-state index in [1.807, 2.05) is 35.2 Å². The zero-order valence-corrected chi connectivity index (χ0v) is 15.0. The number of hydrogen-bond donors (Lipinski definition) is 1. The van der Waals surface area contributed by atoms with Crippen LogP contribution in [0.2, 0.25) is 0 Å². The average molecular weight is 363 g/mol. The van der Waals surface area contributed by atoms with Gasteiger partial charge in [0.15, 0.2) is 5.69 Å². The molecule has 0 radical (unpaired) electrons. The average Bonchev–Trinajstić information content (AvgIpc) is 3.13. The number of carbonyl (C=O) groups is 2. The minimum atomic E-state index is -0.314. The van der Waals surface area contributed by atoms with Gasteiger partial charge in [-0.3, -0.25) is 19.0 Å². The Hall–Kier alpha value is -3.22. The van der Waals surface area contributed by atoms with Crippen LogP contribution in [0.3, 0.4) is 0 Å². The van der Waals surface area contributed by atoms with E-state index in [-0.39, 0.29) is 17.6 Å². The van der Waals surface area contributed by atoms with Crippen molar-refractivity contribution in [3.8, 4) is 0 Å². The fraction of sp³-hybridized carbons (Fsp3) is 0.300. The van der Waals surface area contributed by atoms with Gasteiger partial charge in [0.05, 0.1) is 5.52 Å². The van der Waals surface area contributed by atoms with Crippen LogP contribution in [0.15, 0.2) is 48.9 Å². The van der Waals surface area contributed by atoms with E-state index in [4.69, 9.17) is 0 Å². The molecular formula is C20H21N5O2. The Bertz CT molecular complexity index is 961. The van der Waals surface area contributed by atoms with Crippen molar-refractivity contribution in [3.63, 3.8) is 0 Å². The van der Waals surface area contributed by atoms with Gasteiger partial charge < -0.3 is 10.2 Å². The van der Waals surface area contributed by atoms with Gasteiger partial charge in [-0.25, -0.2) is 4.98 Å². The van der Waals surface area contributed by atoms with Crippen molar-refractivity contribution in [3.05, 3.63) is 66.0 Å². The fourth-order valence-corrected chi connectivity index (χ4v) is 3.36. The molecule has 4 heterocycles. The molecule has 0 saturated carbocycles. The Kier molecular flexibility index (Phi) is 4.82. The lowest BCUT2D eigenvalue weighted by molar-refractivity contribution is 0.0721. The van der Waals surface area contributed by atoms with Crippen LogP contribution in [0.5, 0.6) is 0 Å². The third-order valence-corrected chi connectivity index (χ3v) is 4.80. The number of pyridine rings is 2. The highest BCUT2D eigenvalue weighted by Gasteiger charge is 2.25. The minimum Gasteiger partial charge on any atom is -0.345 e. The van der Waals surface area contributed by atoms with Crippen LogP contribution < -0.4 is 5.32 Å². The maximum atomic E-state index is 12.9. The van der Waals surface area contributed by atoms with Gasteiger partial charge in [0, 0.05) is 38.2 Å². The highest BCUT2D eigenvalue weighted by Crippen LogP contribution is 2.18. The van der Waals surface area contributed by atoms with E-state index in [0.717, 1.165) is 37.9 Å². The van der Waals surface area contributed by atoms with Crippen LogP contribution in [0.1, 0.15) is 45.9 Å². The molecule has 4 rings (SSSR count). The van der Waals surface area contributed by atoms with E-state index in [9.17, 15) is 9.59 Å². The number of rotatable bonds is 4. The largest absolute Gasteiger partial charge is 0.345 e. The number of likely N-dealkylation sites (tertiary alicyclic amines) is 1. The van der Waals surface area contributed by atoms with Gasteiger partial charge >= 0.3 is 0 Å². The number of aromatic nitrogens is 3. The summed E-state index contributed by atoms with van der Waals surface area (Å²) in [7, 11) is 0. The van der Waals surface area contributed by atoms with Crippen LogP contribution in [0.25, 0.3) is 5.52 Å². The molecule has 7 nitrogen and oxygen atoms in total. The molecule has 2 amide bonds. The van der Waals surface area contributed by atoms with Gasteiger partial charge in [-0.2, -0.15) is 0 Å². The van der Waals surface area contributed by atoms with Crippen LogP contribution in [-0.4, -0.2) is 44.2 Å². The van der Waals surface area contributed by atoms with Crippen LogP contribution in [-0.2, 0) is 6.54 Å². The van der Waals surface area contributed by atoms with Gasteiger partial charge in [0.25, 0.3) is 11.8 Å². The van der Waals surface area contributed by atoms with Gasteiger partial charge in [-0.1, -0.05) is 6.07 Å². The van der Waals surface area contributed by atoms with Crippen LogP contribution >= 0.6 is 0 Å². The smallest absolute Gasteiger partial charge is 0.287 e. The molecule has 0 aromatic carbocycles. The number of carbonyl (C=O) groups excluding carboxylic acids is 2. The number of amides is 2. The Morgan fingerprint density at radius 1 is 1.04 bits per heavy atom. The van der Waals surface area contributed by atoms with Crippen molar-refractivity contribution < 1.29 is 9.59 Å². The van der Waals surface area contributed by atoms with Gasteiger partial charge in [0.2, 0.25) is 5.82 Å². The van der Waals surface area contributed by atoms with E-state index in [2.05, 4.69) is 15.3 Å². The Morgan fingerprint density at radius 2 is 1.81 bits per heavy atom. The molecule has 1 saturated heterocycles. The molecular weight excluding hydrogens is 342 g/mol. The van der Waals surface area contributed by atoms with Crippen molar-refractivity contribution >= 4 is 17.3 Å². The molecule has 1 aliphatic rings. The number of imidazole rings is 1. The van der Waals surface area contributed by atoms with E-state index in [1.54, 1.807) is 23.0 Å². The quantitative estimate of drug-likeness (QED) is 0.771. The summed E-state index contributed by atoms with van der Waals surface area (Å²) in [6, 6.07) is 9.18. The van der Waals surface area contributed by atoms with Crippen LogP contribution in [0, 0.1) is 0 Å². The predicted octanol–water partition coefficient (Wildman–Crippen LogP) is 2.29. The number of hydrogen-bond acceptors (Lipinski definition) is 4. The van der Waals surface area contributed by atoms with Crippen LogP contribution in [0.4, 0.5) is 0 Å². The molecule has 3 aromatic rings. The number of fused-ring (bicyclic) bond motifs is 1. The third kappa shape index (κ3) is 3.53. The van der Waals surface area contributed by atoms with Crippen molar-refractivity contribution in [2.75, 3.05) is 13.1 Å². The Balaban J connectivity index is 1.61. The van der Waals surface area contributed by atoms with Gasteiger partial charge in [-0.05, 0) is 49.1 Å². The molecule has 0 aliphatic carbocycles. The van der Waals surface area contributed by atoms with E-state index < -0.39 is 0 Å². The van der Waals surface area contributed by atoms with Crippen molar-refractivity contribution in [2.45, 2.75) is 25.8 Å². The summed E-state index contributed by atoms with van der Waals surface area (Å²) in [6.07, 6.45) is 8.30. The van der Waals surface area contributed by atoms with Crippen molar-refractivity contribution in [1.29, 1.82) is 0 Å². The summed E-state index contributed by atoms with van der Waals surface area (Å²) in [5.41, 5.74) is 1.94. The first-order valence-corrected chi connectivity index (χ1v) is 9.17. The lowest BCUT2D eigenvalue weighted by Crippen LogP contribution is -2.36. The normalized spacial score (nSPS) is 14.3. The summed E-state index contributed by atoms with van der Waals surface area (Å²) in [5.74, 6) is -0.197. The first kappa shape index (κ1) is 17.2. The third-order valence-electron chi connectivity index (χ3n) is 4.80. The van der Waals surface area contributed by atoms with Gasteiger partial charge in [-0.15, -0.1) is 0 Å². The maximum Gasteiger partial charge on any atom is 0.287 e. The zero-order chi connectivity index (χ0) is 18.6. The SMILES string of the molecule is O=C(NCc1ccncc1)c1nc(C(=O)N2CCCCC2)c2ccccn12. The highest BCUT2D eigenvalue weighted by molar-refractivity contribution is 6.02. The highest BCUT2D eigenvalue weighted by atomic mass is 16.2. The first-order valence-electron chi connectivity index (χ1n) is 9.17. The molecule has 0 atom stereocenters. The zero-order valence-electron chi connectivity index (χ0n) is 15.0. The number of piperidine rings is 1. The molecule has 138 valence electrons. The lowest BCUT2D eigenvalue weighted by Gasteiger charge is -2.25. The van der Waals surface area contributed by atoms with E-state index in [1.165, 1.54) is 0 Å². The second-order valence-electron chi connectivity index (χ2n) is 6.63. The summed E-state index contributed by atoms with van der Waals surface area (Å²) >= 11 is 0. The van der Waals surface area contributed by atoms with Crippen molar-refractivity contribution in [1.82, 2.24) is 24.6 Å². The second-order valence-corrected chi connectivity index (χ2v) is 6.63. The molecule has 27 heavy (non-hydrogen) atoms. The Labute approximate surface area is 157 Å². The molecule has 0 spiro atoms. The van der Waals surface area contributed by atoms with Gasteiger partial charge in [0.1, 0.15) is 0 Å². The van der Waals surface area contributed by atoms with E-state index in [0.29, 0.717) is 17.8 Å². The number of nitrogens with one attached hydrogen (secondary N) is 1. The monoisotopic (exact) mass is 363 g/mol. The molecule has 3 aromatic heterocycles. The summed E-state index contributed by atoms with van der Waals surface area (Å²) in [5, 5.41) is 2.86. The summed E-state index contributed by atoms with van der Waals surface area (Å²) in [4.78, 5) is 35.9. The molecule has 1 aliphatic heterocycles. The molecule has 0 unspecified atom stereocenters. The van der Waals surface area contributed by atoms with E-state index >= 15 is 0 Å². The van der Waals surface area contributed by atoms with Crippen molar-refractivity contribution in [2.24, 2.45) is 0 Å². The summed E-state index contributed by atoms with van der Waals surface area (Å²) in [6.45, 7) is 1.86. The lowest BCUT2D eigenvalue weighted by atomic mass is 10.1. The molecule has 1 N–H and O–H groups in total. The molecule has 0 bridgehead atoms. The predicted molar refractivity (Wildman–Crippen MR) is 100 cm³/mol. The molecule has 7 heteroatoms. The fourth-order valence-electron chi connectivity index (χ4n) is 3.36.